The van der Waals surface area contributed by atoms with E-state index in [4.69, 9.17) is 46.4 Å². The van der Waals surface area contributed by atoms with Crippen molar-refractivity contribution in [3.05, 3.63) is 44.4 Å². The maximum absolute atomic E-state index is 6.08. The van der Waals surface area contributed by atoms with Crippen molar-refractivity contribution in [2.45, 2.75) is 9.79 Å². The first kappa shape index (κ1) is 13.7. The van der Waals surface area contributed by atoms with Gasteiger partial charge < -0.3 is 4.90 Å². The smallest absolute Gasteiger partial charge is 0.0613 e. The Kier molecular flexibility index (Phi) is 3.57. The van der Waals surface area contributed by atoms with Crippen molar-refractivity contribution in [2.75, 3.05) is 11.9 Å². The topological polar surface area (TPSA) is 3.24 Å². The molecule has 98 valence electrons. The van der Waals surface area contributed by atoms with E-state index >= 15 is 0 Å². The van der Waals surface area contributed by atoms with Crippen LogP contribution in [0.2, 0.25) is 20.1 Å². The van der Waals surface area contributed by atoms with Crippen molar-refractivity contribution in [3.63, 3.8) is 0 Å². The summed E-state index contributed by atoms with van der Waals surface area (Å²) in [5.74, 6) is 0. The summed E-state index contributed by atoms with van der Waals surface area (Å²) in [5.41, 5.74) is 2.01. The van der Waals surface area contributed by atoms with Crippen molar-refractivity contribution in [2.24, 2.45) is 0 Å². The largest absolute Gasteiger partial charge is 0.343 e. The normalized spacial score (nSPS) is 13.2. The first-order valence-corrected chi connectivity index (χ1v) is 7.70. The van der Waals surface area contributed by atoms with Crippen LogP contribution in [0.5, 0.6) is 0 Å². The number of hydrogen-bond acceptors (Lipinski definition) is 2. The Bertz CT molecular complexity index is 629. The minimum absolute atomic E-state index is 0.538. The average molecular weight is 351 g/mol. The van der Waals surface area contributed by atoms with Gasteiger partial charge in [0.25, 0.3) is 0 Å². The third-order valence-electron chi connectivity index (χ3n) is 2.95. The number of hydrogen-bond donors (Lipinski definition) is 0. The van der Waals surface area contributed by atoms with Crippen molar-refractivity contribution in [1.29, 1.82) is 0 Å². The fourth-order valence-electron chi connectivity index (χ4n) is 1.97. The molecule has 1 aliphatic heterocycles. The summed E-state index contributed by atoms with van der Waals surface area (Å²) in [4.78, 5) is 4.12. The van der Waals surface area contributed by atoms with E-state index in [1.807, 2.05) is 36.2 Å². The zero-order chi connectivity index (χ0) is 13.7. The molecule has 0 fully saturated rings. The van der Waals surface area contributed by atoms with Gasteiger partial charge in [-0.05, 0) is 24.3 Å². The van der Waals surface area contributed by atoms with Crippen LogP contribution in [-0.2, 0) is 0 Å². The van der Waals surface area contributed by atoms with E-state index in [0.717, 1.165) is 21.2 Å². The fourth-order valence-corrected chi connectivity index (χ4v) is 3.94. The van der Waals surface area contributed by atoms with Gasteiger partial charge in [0.1, 0.15) is 0 Å². The Morgan fingerprint density at radius 2 is 1.11 bits per heavy atom. The van der Waals surface area contributed by atoms with Gasteiger partial charge in [-0.1, -0.05) is 58.2 Å². The van der Waals surface area contributed by atoms with Crippen LogP contribution in [0, 0.1) is 0 Å². The quantitative estimate of drug-likeness (QED) is 0.531. The summed E-state index contributed by atoms with van der Waals surface area (Å²) < 4.78 is 0. The minimum Gasteiger partial charge on any atom is -0.343 e. The molecule has 0 spiro atoms. The molecule has 2 aromatic carbocycles. The van der Waals surface area contributed by atoms with Gasteiger partial charge in [0.05, 0.1) is 31.5 Å². The Morgan fingerprint density at radius 1 is 0.737 bits per heavy atom. The number of halogens is 4. The lowest BCUT2D eigenvalue weighted by Crippen LogP contribution is -2.14. The maximum atomic E-state index is 6.08. The third-order valence-corrected chi connectivity index (χ3v) is 5.48. The van der Waals surface area contributed by atoms with E-state index in [-0.39, 0.29) is 0 Å². The molecule has 0 aliphatic carbocycles. The van der Waals surface area contributed by atoms with Gasteiger partial charge in [-0.2, -0.15) is 0 Å². The summed E-state index contributed by atoms with van der Waals surface area (Å²) in [6, 6.07) is 7.45. The SMILES string of the molecule is CN1c2cc(Cl)c(Cl)cc2Sc2cc(Cl)c(Cl)cc21. The third kappa shape index (κ3) is 2.30. The zero-order valence-corrected chi connectivity index (χ0v) is 13.5. The minimum atomic E-state index is 0.538. The van der Waals surface area contributed by atoms with Crippen LogP contribution in [0.3, 0.4) is 0 Å². The molecule has 0 saturated heterocycles. The van der Waals surface area contributed by atoms with Gasteiger partial charge in [0.2, 0.25) is 0 Å². The summed E-state index contributed by atoms with van der Waals surface area (Å²) in [5, 5.41) is 2.17. The average Bonchev–Trinajstić information content (AvgIpc) is 2.35. The molecule has 0 aromatic heterocycles. The molecule has 1 nitrogen and oxygen atoms in total. The van der Waals surface area contributed by atoms with Crippen molar-refractivity contribution in [3.8, 4) is 0 Å². The second-order valence-electron chi connectivity index (χ2n) is 4.13. The summed E-state index contributed by atoms with van der Waals surface area (Å²) in [7, 11) is 1.96. The number of nitrogens with zero attached hydrogens (tertiary/aromatic N) is 1. The van der Waals surface area contributed by atoms with Gasteiger partial charge in [-0.15, -0.1) is 0 Å². The van der Waals surface area contributed by atoms with E-state index in [9.17, 15) is 0 Å². The highest BCUT2D eigenvalue weighted by atomic mass is 35.5. The van der Waals surface area contributed by atoms with E-state index in [0.29, 0.717) is 20.1 Å². The van der Waals surface area contributed by atoms with Crippen molar-refractivity contribution >= 4 is 69.5 Å². The van der Waals surface area contributed by atoms with E-state index < -0.39 is 0 Å². The molecule has 0 radical (unpaired) electrons. The molecule has 0 unspecified atom stereocenters. The predicted octanol–water partition coefficient (Wildman–Crippen LogP) is 6.53. The van der Waals surface area contributed by atoms with Crippen LogP contribution in [0.15, 0.2) is 34.1 Å². The standard InChI is InChI=1S/C13H7Cl4NS/c1-18-10-2-6(14)8(16)4-12(10)19-13-5-9(17)7(15)3-11(13)18/h2-5H,1H3. The van der Waals surface area contributed by atoms with Crippen LogP contribution in [0.25, 0.3) is 0 Å². The molecule has 0 N–H and O–H groups in total. The fraction of sp³-hybridized carbons (Fsp3) is 0.0769. The molecule has 1 heterocycles. The molecule has 0 saturated carbocycles. The molecule has 2 aromatic rings. The number of anilines is 2. The van der Waals surface area contributed by atoms with Gasteiger partial charge in [0, 0.05) is 16.8 Å². The number of benzene rings is 2. The molecule has 6 heteroatoms. The molecule has 0 amide bonds. The maximum Gasteiger partial charge on any atom is 0.0613 e. The molecule has 0 atom stereocenters. The molecular formula is C13H7Cl4NS. The summed E-state index contributed by atoms with van der Waals surface area (Å²) >= 11 is 25.9. The highest BCUT2D eigenvalue weighted by Gasteiger charge is 2.23. The Balaban J connectivity index is 2.20. The second kappa shape index (κ2) is 4.94. The molecule has 3 rings (SSSR count). The van der Waals surface area contributed by atoms with Gasteiger partial charge in [-0.3, -0.25) is 0 Å². The zero-order valence-electron chi connectivity index (χ0n) is 9.68. The number of fused-ring (bicyclic) bond motifs is 2. The van der Waals surface area contributed by atoms with E-state index in [1.165, 1.54) is 0 Å². The first-order valence-electron chi connectivity index (χ1n) is 5.37. The highest BCUT2D eigenvalue weighted by molar-refractivity contribution is 7.99. The van der Waals surface area contributed by atoms with Crippen LogP contribution >= 0.6 is 58.2 Å². The van der Waals surface area contributed by atoms with Gasteiger partial charge in [-0.25, -0.2) is 0 Å². The van der Waals surface area contributed by atoms with Crippen LogP contribution in [0.1, 0.15) is 0 Å². The van der Waals surface area contributed by atoms with Crippen molar-refractivity contribution < 1.29 is 0 Å². The van der Waals surface area contributed by atoms with Crippen LogP contribution in [-0.4, -0.2) is 7.05 Å². The molecule has 0 bridgehead atoms. The van der Waals surface area contributed by atoms with E-state index in [2.05, 4.69) is 0 Å². The lowest BCUT2D eigenvalue weighted by atomic mass is 10.2. The lowest BCUT2D eigenvalue weighted by molar-refractivity contribution is 1.11. The second-order valence-corrected chi connectivity index (χ2v) is 6.84. The first-order chi connectivity index (χ1) is 8.97. The van der Waals surface area contributed by atoms with Gasteiger partial charge in [0.15, 0.2) is 0 Å². The molecule has 19 heavy (non-hydrogen) atoms. The predicted molar refractivity (Wildman–Crippen MR) is 85.1 cm³/mol. The lowest BCUT2D eigenvalue weighted by Gasteiger charge is -2.30. The van der Waals surface area contributed by atoms with E-state index in [1.54, 1.807) is 11.8 Å². The van der Waals surface area contributed by atoms with Crippen LogP contribution in [0.4, 0.5) is 11.4 Å². The highest BCUT2D eigenvalue weighted by Crippen LogP contribution is 2.51. The monoisotopic (exact) mass is 349 g/mol. The Hall–Kier alpha value is -0.250. The van der Waals surface area contributed by atoms with Crippen LogP contribution < -0.4 is 4.90 Å². The Labute approximate surface area is 135 Å². The van der Waals surface area contributed by atoms with Gasteiger partial charge >= 0.3 is 0 Å². The summed E-state index contributed by atoms with van der Waals surface area (Å²) in [6.07, 6.45) is 0. The Morgan fingerprint density at radius 3 is 1.53 bits per heavy atom. The van der Waals surface area contributed by atoms with Crippen molar-refractivity contribution in [1.82, 2.24) is 0 Å². The summed E-state index contributed by atoms with van der Waals surface area (Å²) in [6.45, 7) is 0. The molecule has 1 aliphatic rings. The number of rotatable bonds is 0. The molecular weight excluding hydrogens is 344 g/mol.